The van der Waals surface area contributed by atoms with Crippen LogP contribution in [0.4, 0.5) is 0 Å². The summed E-state index contributed by atoms with van der Waals surface area (Å²) in [7, 11) is 1.66. The van der Waals surface area contributed by atoms with Crippen LogP contribution >= 0.6 is 28.3 Å². The Morgan fingerprint density at radius 2 is 2.14 bits per heavy atom. The van der Waals surface area contributed by atoms with Gasteiger partial charge in [-0.2, -0.15) is 0 Å². The van der Waals surface area contributed by atoms with Gasteiger partial charge in [-0.1, -0.05) is 28.1 Å². The SMILES string of the molecule is COCC1(C(=O)NCc2cccc(Br)c2)CCNCC1.Cl. The standard InChI is InChI=1S/C15H21BrN2O2.ClH/c1-20-11-15(5-7-17-8-6-15)14(19)18-10-12-3-2-4-13(16)9-12;/h2-4,9,17H,5-8,10-11H2,1H3,(H,18,19);1H. The first-order valence-corrected chi connectivity index (χ1v) is 7.68. The van der Waals surface area contributed by atoms with Crippen LogP contribution in [0.3, 0.4) is 0 Å². The highest BCUT2D eigenvalue weighted by Gasteiger charge is 2.39. The van der Waals surface area contributed by atoms with Crippen LogP contribution < -0.4 is 10.6 Å². The van der Waals surface area contributed by atoms with Crippen molar-refractivity contribution >= 4 is 34.2 Å². The Labute approximate surface area is 140 Å². The van der Waals surface area contributed by atoms with Gasteiger partial charge in [-0.15, -0.1) is 12.4 Å². The lowest BCUT2D eigenvalue weighted by Crippen LogP contribution is -2.49. The van der Waals surface area contributed by atoms with Gasteiger partial charge in [0.2, 0.25) is 5.91 Å². The summed E-state index contributed by atoms with van der Waals surface area (Å²) in [6, 6.07) is 7.98. The summed E-state index contributed by atoms with van der Waals surface area (Å²) < 4.78 is 6.31. The van der Waals surface area contributed by atoms with Crippen molar-refractivity contribution in [2.75, 3.05) is 26.8 Å². The van der Waals surface area contributed by atoms with Crippen LogP contribution in [0.1, 0.15) is 18.4 Å². The summed E-state index contributed by atoms with van der Waals surface area (Å²) in [5.41, 5.74) is 0.709. The van der Waals surface area contributed by atoms with E-state index in [2.05, 4.69) is 26.6 Å². The number of halogens is 2. The first-order chi connectivity index (χ1) is 9.66. The number of piperidine rings is 1. The molecule has 0 bridgehead atoms. The van der Waals surface area contributed by atoms with Crippen molar-refractivity contribution in [1.29, 1.82) is 0 Å². The topological polar surface area (TPSA) is 50.4 Å². The van der Waals surface area contributed by atoms with Crippen LogP contribution in [0.25, 0.3) is 0 Å². The van der Waals surface area contributed by atoms with Gasteiger partial charge in [0, 0.05) is 18.1 Å². The van der Waals surface area contributed by atoms with E-state index in [0.717, 1.165) is 36.0 Å². The zero-order valence-corrected chi connectivity index (χ0v) is 14.6. The molecule has 1 aliphatic rings. The fourth-order valence-corrected chi connectivity index (χ4v) is 3.08. The Hall–Kier alpha value is -0.620. The molecule has 1 fully saturated rings. The lowest BCUT2D eigenvalue weighted by Gasteiger charge is -2.35. The van der Waals surface area contributed by atoms with E-state index < -0.39 is 0 Å². The normalized spacial score (nSPS) is 16.9. The van der Waals surface area contributed by atoms with Gasteiger partial charge in [-0.05, 0) is 43.6 Å². The minimum Gasteiger partial charge on any atom is -0.384 e. The second kappa shape index (κ2) is 8.73. The van der Waals surface area contributed by atoms with Crippen LogP contribution in [-0.2, 0) is 16.1 Å². The highest BCUT2D eigenvalue weighted by Crippen LogP contribution is 2.29. The van der Waals surface area contributed by atoms with E-state index in [1.54, 1.807) is 7.11 Å². The van der Waals surface area contributed by atoms with Crippen molar-refractivity contribution in [2.24, 2.45) is 5.41 Å². The van der Waals surface area contributed by atoms with Gasteiger partial charge in [0.25, 0.3) is 0 Å². The van der Waals surface area contributed by atoms with Crippen molar-refractivity contribution in [1.82, 2.24) is 10.6 Å². The molecule has 1 aliphatic heterocycles. The number of rotatable bonds is 5. The molecule has 2 N–H and O–H groups in total. The largest absolute Gasteiger partial charge is 0.384 e. The Morgan fingerprint density at radius 1 is 1.43 bits per heavy atom. The van der Waals surface area contributed by atoms with Gasteiger partial charge in [0.05, 0.1) is 12.0 Å². The number of hydrogen-bond donors (Lipinski definition) is 2. The summed E-state index contributed by atoms with van der Waals surface area (Å²) >= 11 is 3.44. The van der Waals surface area contributed by atoms with E-state index in [4.69, 9.17) is 4.74 Å². The number of nitrogens with one attached hydrogen (secondary N) is 2. The molecule has 0 aromatic heterocycles. The number of ether oxygens (including phenoxy) is 1. The molecule has 1 aromatic carbocycles. The molecule has 0 saturated carbocycles. The van der Waals surface area contributed by atoms with Gasteiger partial charge in [-0.25, -0.2) is 0 Å². The van der Waals surface area contributed by atoms with Crippen LogP contribution in [0.5, 0.6) is 0 Å². The number of carbonyl (C=O) groups is 1. The second-order valence-corrected chi connectivity index (χ2v) is 6.19. The zero-order chi connectivity index (χ0) is 14.4. The molecule has 0 spiro atoms. The van der Waals surface area contributed by atoms with Gasteiger partial charge in [0.15, 0.2) is 0 Å². The molecule has 21 heavy (non-hydrogen) atoms. The molecule has 2 rings (SSSR count). The summed E-state index contributed by atoms with van der Waals surface area (Å²) in [5, 5.41) is 6.35. The fraction of sp³-hybridized carbons (Fsp3) is 0.533. The molecule has 0 radical (unpaired) electrons. The first kappa shape index (κ1) is 18.4. The maximum atomic E-state index is 12.5. The van der Waals surface area contributed by atoms with Crippen molar-refractivity contribution in [3.63, 3.8) is 0 Å². The highest BCUT2D eigenvalue weighted by molar-refractivity contribution is 9.10. The number of benzene rings is 1. The second-order valence-electron chi connectivity index (χ2n) is 5.28. The lowest BCUT2D eigenvalue weighted by molar-refractivity contribution is -0.136. The predicted octanol–water partition coefficient (Wildman–Crippen LogP) is 2.50. The van der Waals surface area contributed by atoms with E-state index in [-0.39, 0.29) is 23.7 Å². The van der Waals surface area contributed by atoms with E-state index in [1.807, 2.05) is 24.3 Å². The molecule has 0 atom stereocenters. The molecule has 0 aliphatic carbocycles. The summed E-state index contributed by atoms with van der Waals surface area (Å²) in [4.78, 5) is 12.5. The molecule has 4 nitrogen and oxygen atoms in total. The quantitative estimate of drug-likeness (QED) is 0.829. The van der Waals surface area contributed by atoms with Crippen molar-refractivity contribution in [3.8, 4) is 0 Å². The molecule has 1 aromatic rings. The molecule has 118 valence electrons. The molecule has 0 unspecified atom stereocenters. The van der Waals surface area contributed by atoms with Gasteiger partial charge in [0.1, 0.15) is 0 Å². The molecule has 1 saturated heterocycles. The summed E-state index contributed by atoms with van der Waals surface area (Å²) in [5.74, 6) is 0.0980. The molecule has 1 amide bonds. The van der Waals surface area contributed by atoms with Crippen LogP contribution in [0, 0.1) is 5.41 Å². The average Bonchev–Trinajstić information content (AvgIpc) is 2.46. The number of methoxy groups -OCH3 is 1. The Balaban J connectivity index is 0.00000220. The van der Waals surface area contributed by atoms with E-state index in [0.29, 0.717) is 13.2 Å². The molecule has 6 heteroatoms. The van der Waals surface area contributed by atoms with Crippen molar-refractivity contribution in [3.05, 3.63) is 34.3 Å². The zero-order valence-electron chi connectivity index (χ0n) is 12.2. The fourth-order valence-electron chi connectivity index (χ4n) is 2.64. The minimum atomic E-state index is -0.383. The Morgan fingerprint density at radius 3 is 2.76 bits per heavy atom. The van der Waals surface area contributed by atoms with E-state index >= 15 is 0 Å². The molecule has 1 heterocycles. The summed E-state index contributed by atoms with van der Waals surface area (Å²) in [6.07, 6.45) is 1.65. The van der Waals surface area contributed by atoms with E-state index in [9.17, 15) is 4.79 Å². The lowest BCUT2D eigenvalue weighted by atomic mass is 9.78. The average molecular weight is 378 g/mol. The van der Waals surface area contributed by atoms with Crippen LogP contribution in [-0.4, -0.2) is 32.7 Å². The van der Waals surface area contributed by atoms with Gasteiger partial charge in [-0.3, -0.25) is 4.79 Å². The van der Waals surface area contributed by atoms with Crippen LogP contribution in [0.2, 0.25) is 0 Å². The monoisotopic (exact) mass is 376 g/mol. The molecular weight excluding hydrogens is 356 g/mol. The van der Waals surface area contributed by atoms with Crippen LogP contribution in [0.15, 0.2) is 28.7 Å². The highest BCUT2D eigenvalue weighted by atomic mass is 79.9. The third-order valence-corrected chi connectivity index (χ3v) is 4.30. The Kier molecular flexibility index (Phi) is 7.66. The maximum Gasteiger partial charge on any atom is 0.228 e. The number of carbonyl (C=O) groups excluding carboxylic acids is 1. The number of hydrogen-bond acceptors (Lipinski definition) is 3. The third kappa shape index (κ3) is 4.95. The maximum absolute atomic E-state index is 12.5. The number of amides is 1. The minimum absolute atomic E-state index is 0. The van der Waals surface area contributed by atoms with Gasteiger partial charge >= 0.3 is 0 Å². The smallest absolute Gasteiger partial charge is 0.228 e. The Bertz CT molecular complexity index is 459. The molecular formula is C15H22BrClN2O2. The van der Waals surface area contributed by atoms with E-state index in [1.165, 1.54) is 0 Å². The van der Waals surface area contributed by atoms with Gasteiger partial charge < -0.3 is 15.4 Å². The first-order valence-electron chi connectivity index (χ1n) is 6.89. The third-order valence-electron chi connectivity index (χ3n) is 3.81. The van der Waals surface area contributed by atoms with Crippen molar-refractivity contribution < 1.29 is 9.53 Å². The van der Waals surface area contributed by atoms with Crippen molar-refractivity contribution in [2.45, 2.75) is 19.4 Å². The predicted molar refractivity (Wildman–Crippen MR) is 89.6 cm³/mol. The summed E-state index contributed by atoms with van der Waals surface area (Å²) in [6.45, 7) is 2.78.